The number of hydrogen-bond donors (Lipinski definition) is 2. The van der Waals surface area contributed by atoms with E-state index in [9.17, 15) is 4.79 Å². The number of benzene rings is 3. The minimum absolute atomic E-state index is 0.145. The van der Waals surface area contributed by atoms with Gasteiger partial charge in [0.05, 0.1) is 35.6 Å². The average Bonchev–Trinajstić information content (AvgIpc) is 3.53. The van der Waals surface area contributed by atoms with Crippen molar-refractivity contribution in [1.82, 2.24) is 14.6 Å². The molecule has 7 nitrogen and oxygen atoms in total. The molecule has 0 fully saturated rings. The van der Waals surface area contributed by atoms with Gasteiger partial charge in [-0.05, 0) is 43.3 Å². The fraction of sp³-hybridized carbons (Fsp3) is 0.107. The number of anilines is 2. The van der Waals surface area contributed by atoms with Crippen molar-refractivity contribution in [3.8, 4) is 28.3 Å². The van der Waals surface area contributed by atoms with Crippen LogP contribution in [-0.4, -0.2) is 33.4 Å². The molecule has 3 aromatic carbocycles. The summed E-state index contributed by atoms with van der Waals surface area (Å²) >= 11 is 2.77. The highest BCUT2D eigenvalue weighted by atomic mass is 32.2. The van der Waals surface area contributed by atoms with Gasteiger partial charge in [-0.1, -0.05) is 60.3 Å². The predicted molar refractivity (Wildman–Crippen MR) is 151 cm³/mol. The van der Waals surface area contributed by atoms with Gasteiger partial charge in [0.25, 0.3) is 0 Å². The first-order valence-electron chi connectivity index (χ1n) is 11.6. The van der Waals surface area contributed by atoms with E-state index in [4.69, 9.17) is 9.72 Å². The zero-order chi connectivity index (χ0) is 25.6. The number of amides is 1. The van der Waals surface area contributed by atoms with Gasteiger partial charge in [-0.15, -0.1) is 11.3 Å². The van der Waals surface area contributed by atoms with Crippen molar-refractivity contribution in [3.05, 3.63) is 96.0 Å². The molecular weight excluding hydrogens is 502 g/mol. The number of nitrogens with one attached hydrogen (secondary N) is 2. The Kier molecular flexibility index (Phi) is 7.53. The van der Waals surface area contributed by atoms with E-state index in [1.807, 2.05) is 102 Å². The van der Waals surface area contributed by atoms with Gasteiger partial charge in [-0.2, -0.15) is 0 Å². The number of hydrogen-bond acceptors (Lipinski definition) is 7. The van der Waals surface area contributed by atoms with Crippen molar-refractivity contribution in [3.63, 3.8) is 0 Å². The fourth-order valence-electron chi connectivity index (χ4n) is 3.73. The molecule has 0 unspecified atom stereocenters. The third kappa shape index (κ3) is 5.84. The van der Waals surface area contributed by atoms with Gasteiger partial charge in [0.2, 0.25) is 5.91 Å². The highest BCUT2D eigenvalue weighted by Crippen LogP contribution is 2.30. The van der Waals surface area contributed by atoms with Gasteiger partial charge >= 0.3 is 0 Å². The molecule has 0 bridgehead atoms. The molecule has 5 aromatic rings. The molecule has 0 radical (unpaired) electrons. The Hall–Kier alpha value is -4.08. The number of aromatic nitrogens is 3. The van der Waals surface area contributed by atoms with Crippen LogP contribution < -0.4 is 15.5 Å². The number of rotatable bonds is 9. The molecule has 9 heteroatoms. The van der Waals surface area contributed by atoms with Gasteiger partial charge in [0.1, 0.15) is 5.75 Å². The van der Waals surface area contributed by atoms with E-state index in [-0.39, 0.29) is 11.7 Å². The number of thioether (sulfide) groups is 1. The number of ether oxygens (including phenoxy) is 1. The average molecular weight is 528 g/mol. The van der Waals surface area contributed by atoms with Crippen LogP contribution in [0.15, 0.2) is 95.5 Å². The summed E-state index contributed by atoms with van der Waals surface area (Å²) in [6.45, 7) is 2.02. The van der Waals surface area contributed by atoms with Crippen molar-refractivity contribution < 1.29 is 9.53 Å². The topological polar surface area (TPSA) is 81.1 Å². The maximum absolute atomic E-state index is 12.8. The zero-order valence-corrected chi connectivity index (χ0v) is 22.0. The Morgan fingerprint density at radius 2 is 1.65 bits per heavy atom. The van der Waals surface area contributed by atoms with Crippen LogP contribution in [0.3, 0.4) is 0 Å². The number of thiazole rings is 1. The van der Waals surface area contributed by atoms with Gasteiger partial charge in [-0.3, -0.25) is 10.2 Å². The lowest BCUT2D eigenvalue weighted by molar-refractivity contribution is -0.113. The number of methoxy groups -OCH3 is 1. The van der Waals surface area contributed by atoms with Crippen molar-refractivity contribution in [2.24, 2.45) is 0 Å². The van der Waals surface area contributed by atoms with E-state index in [1.54, 1.807) is 7.11 Å². The maximum atomic E-state index is 12.8. The number of para-hydroxylation sites is 1. The zero-order valence-electron chi connectivity index (χ0n) is 20.3. The Balaban J connectivity index is 1.30. The van der Waals surface area contributed by atoms with Crippen LogP contribution in [0.4, 0.5) is 10.8 Å². The van der Waals surface area contributed by atoms with Crippen LogP contribution in [0.25, 0.3) is 22.5 Å². The van der Waals surface area contributed by atoms with Gasteiger partial charge in [0, 0.05) is 16.5 Å². The summed E-state index contributed by atoms with van der Waals surface area (Å²) in [7, 11) is 1.64. The van der Waals surface area contributed by atoms with Crippen LogP contribution in [0.5, 0.6) is 5.75 Å². The van der Waals surface area contributed by atoms with Crippen LogP contribution in [0, 0.1) is 6.92 Å². The summed E-state index contributed by atoms with van der Waals surface area (Å²) in [5, 5.41) is 6.10. The van der Waals surface area contributed by atoms with E-state index in [0.29, 0.717) is 10.3 Å². The van der Waals surface area contributed by atoms with Gasteiger partial charge < -0.3 is 10.1 Å². The second kappa shape index (κ2) is 11.3. The predicted octanol–water partition coefficient (Wildman–Crippen LogP) is 6.60. The molecule has 186 valence electrons. The Labute approximate surface area is 223 Å². The largest absolute Gasteiger partial charge is 0.497 e. The number of carbonyl (C=O) groups is 1. The molecular formula is C28H25N5O2S2. The van der Waals surface area contributed by atoms with Crippen molar-refractivity contribution in [1.29, 1.82) is 0 Å². The first-order chi connectivity index (χ1) is 18.1. The molecule has 0 saturated heterocycles. The number of nitrogens with zero attached hydrogens (tertiary/aromatic N) is 3. The Bertz CT molecular complexity index is 1480. The molecule has 2 N–H and O–H groups in total. The van der Waals surface area contributed by atoms with Gasteiger partial charge in [-0.25, -0.2) is 14.6 Å². The molecule has 2 aromatic heterocycles. The van der Waals surface area contributed by atoms with Crippen LogP contribution in [-0.2, 0) is 4.79 Å². The molecule has 2 heterocycles. The molecule has 0 atom stereocenters. The SMILES string of the molecule is COc1ccc(-c2csc(NC(=O)CSc3nc(-c4ccccc4)c(C)n3Nc3ccccc3)n2)cc1. The van der Waals surface area contributed by atoms with Crippen LogP contribution in [0.1, 0.15) is 5.69 Å². The molecule has 0 spiro atoms. The smallest absolute Gasteiger partial charge is 0.236 e. The first kappa shape index (κ1) is 24.6. The Morgan fingerprint density at radius 1 is 0.946 bits per heavy atom. The molecule has 0 aliphatic carbocycles. The summed E-state index contributed by atoms with van der Waals surface area (Å²) in [5.41, 5.74) is 8.97. The summed E-state index contributed by atoms with van der Waals surface area (Å²) in [6, 6.07) is 27.6. The normalized spacial score (nSPS) is 10.8. The second-order valence-electron chi connectivity index (χ2n) is 8.11. The van der Waals surface area contributed by atoms with Crippen LogP contribution >= 0.6 is 23.1 Å². The van der Waals surface area contributed by atoms with E-state index in [1.165, 1.54) is 23.1 Å². The molecule has 0 aliphatic rings. The molecule has 37 heavy (non-hydrogen) atoms. The summed E-state index contributed by atoms with van der Waals surface area (Å²) < 4.78 is 7.14. The maximum Gasteiger partial charge on any atom is 0.236 e. The van der Waals surface area contributed by atoms with E-state index >= 15 is 0 Å². The second-order valence-corrected chi connectivity index (χ2v) is 9.91. The minimum Gasteiger partial charge on any atom is -0.497 e. The lowest BCUT2D eigenvalue weighted by Gasteiger charge is -2.12. The summed E-state index contributed by atoms with van der Waals surface area (Å²) in [6.07, 6.45) is 0. The number of carbonyl (C=O) groups excluding carboxylic acids is 1. The number of imidazole rings is 1. The van der Waals surface area contributed by atoms with Crippen molar-refractivity contribution in [2.45, 2.75) is 12.1 Å². The molecule has 5 rings (SSSR count). The van der Waals surface area contributed by atoms with Gasteiger partial charge in [0.15, 0.2) is 10.3 Å². The van der Waals surface area contributed by atoms with Crippen molar-refractivity contribution in [2.75, 3.05) is 23.6 Å². The quantitative estimate of drug-likeness (QED) is 0.210. The highest BCUT2D eigenvalue weighted by molar-refractivity contribution is 7.99. The van der Waals surface area contributed by atoms with E-state index in [2.05, 4.69) is 15.7 Å². The summed E-state index contributed by atoms with van der Waals surface area (Å²) in [4.78, 5) is 22.2. The van der Waals surface area contributed by atoms with Crippen LogP contribution in [0.2, 0.25) is 0 Å². The lowest BCUT2D eigenvalue weighted by atomic mass is 10.1. The first-order valence-corrected chi connectivity index (χ1v) is 13.5. The monoisotopic (exact) mass is 527 g/mol. The Morgan fingerprint density at radius 3 is 2.35 bits per heavy atom. The third-order valence-corrected chi connectivity index (χ3v) is 7.30. The van der Waals surface area contributed by atoms with E-state index < -0.39 is 0 Å². The fourth-order valence-corrected chi connectivity index (χ4v) is 5.26. The lowest BCUT2D eigenvalue weighted by Crippen LogP contribution is -2.16. The van der Waals surface area contributed by atoms with E-state index in [0.717, 1.165) is 39.6 Å². The third-order valence-electron chi connectivity index (χ3n) is 5.61. The molecule has 1 amide bonds. The standard InChI is InChI=1S/C28H25N5O2S2/c1-19-26(21-9-5-3-6-10-21)31-28(33(19)32-22-11-7-4-8-12-22)37-18-25(34)30-27-29-24(17-36-27)20-13-15-23(35-2)16-14-20/h3-17,32H,18H2,1-2H3,(H,29,30,34). The highest BCUT2D eigenvalue weighted by Gasteiger charge is 2.18. The summed E-state index contributed by atoms with van der Waals surface area (Å²) in [5.74, 6) is 0.836. The minimum atomic E-state index is -0.145. The molecule has 0 aliphatic heterocycles. The molecule has 0 saturated carbocycles. The van der Waals surface area contributed by atoms with Crippen molar-refractivity contribution >= 4 is 39.8 Å².